The number of hydrogen-bond donors (Lipinski definition) is 2. The van der Waals surface area contributed by atoms with E-state index in [0.29, 0.717) is 21.8 Å². The van der Waals surface area contributed by atoms with Crippen LogP contribution in [0.4, 0.5) is 10.5 Å². The zero-order valence-corrected chi connectivity index (χ0v) is 9.40. The van der Waals surface area contributed by atoms with Crippen LogP contribution in [-0.2, 0) is 0 Å². The van der Waals surface area contributed by atoms with E-state index in [1.165, 1.54) is 0 Å². The Morgan fingerprint density at radius 1 is 1.33 bits per heavy atom. The molecule has 0 unspecified atom stereocenters. The van der Waals surface area contributed by atoms with Crippen LogP contribution in [0.15, 0.2) is 18.2 Å². The summed E-state index contributed by atoms with van der Waals surface area (Å²) < 4.78 is 0. The van der Waals surface area contributed by atoms with Gasteiger partial charge in [-0.2, -0.15) is 0 Å². The van der Waals surface area contributed by atoms with E-state index in [-0.39, 0.29) is 6.03 Å². The summed E-state index contributed by atoms with van der Waals surface area (Å²) in [5.74, 6) is 0. The Labute approximate surface area is 97.8 Å². The zero-order valence-electron chi connectivity index (χ0n) is 7.89. The largest absolute Gasteiger partial charge is 0.335 e. The molecule has 1 fully saturated rings. The summed E-state index contributed by atoms with van der Waals surface area (Å²) in [6, 6.07) is 5.06. The van der Waals surface area contributed by atoms with Crippen molar-refractivity contribution >= 4 is 34.9 Å². The third-order valence-electron chi connectivity index (χ3n) is 2.09. The van der Waals surface area contributed by atoms with Crippen LogP contribution in [0.3, 0.4) is 0 Å². The van der Waals surface area contributed by atoms with Crippen LogP contribution < -0.4 is 10.6 Å². The third-order valence-corrected chi connectivity index (χ3v) is 2.64. The molecule has 1 aliphatic carbocycles. The molecule has 0 saturated heterocycles. The van der Waals surface area contributed by atoms with Crippen molar-refractivity contribution in [3.63, 3.8) is 0 Å². The van der Waals surface area contributed by atoms with Gasteiger partial charge in [0, 0.05) is 11.1 Å². The number of hydrogen-bond acceptors (Lipinski definition) is 1. The highest BCUT2D eigenvalue weighted by Gasteiger charge is 2.23. The Bertz CT molecular complexity index is 391. The molecule has 5 heteroatoms. The van der Waals surface area contributed by atoms with E-state index in [1.54, 1.807) is 18.2 Å². The van der Waals surface area contributed by atoms with Gasteiger partial charge in [0.1, 0.15) is 0 Å². The molecule has 2 N–H and O–H groups in total. The minimum Gasteiger partial charge on any atom is -0.335 e. The maximum atomic E-state index is 11.4. The molecule has 0 spiro atoms. The van der Waals surface area contributed by atoms with E-state index in [9.17, 15) is 4.79 Å². The predicted molar refractivity (Wildman–Crippen MR) is 61.6 cm³/mol. The van der Waals surface area contributed by atoms with Gasteiger partial charge in [-0.1, -0.05) is 23.2 Å². The number of halogens is 2. The Hall–Kier alpha value is -0.930. The van der Waals surface area contributed by atoms with E-state index in [4.69, 9.17) is 23.2 Å². The fourth-order valence-corrected chi connectivity index (χ4v) is 1.62. The highest BCUT2D eigenvalue weighted by Crippen LogP contribution is 2.25. The van der Waals surface area contributed by atoms with Crippen molar-refractivity contribution in [3.05, 3.63) is 28.2 Å². The maximum absolute atomic E-state index is 11.4. The second kappa shape index (κ2) is 4.29. The average molecular weight is 245 g/mol. The zero-order chi connectivity index (χ0) is 10.8. The Morgan fingerprint density at radius 2 is 2.07 bits per heavy atom. The van der Waals surface area contributed by atoms with Gasteiger partial charge in [-0.05, 0) is 31.0 Å². The number of carbonyl (C=O) groups excluding carboxylic acids is 1. The molecule has 3 nitrogen and oxygen atoms in total. The minimum atomic E-state index is -0.221. The fourth-order valence-electron chi connectivity index (χ4n) is 1.16. The summed E-state index contributed by atoms with van der Waals surface area (Å²) in [6.45, 7) is 0. The smallest absolute Gasteiger partial charge is 0.319 e. The molecule has 15 heavy (non-hydrogen) atoms. The fraction of sp³-hybridized carbons (Fsp3) is 0.300. The maximum Gasteiger partial charge on any atom is 0.319 e. The summed E-state index contributed by atoms with van der Waals surface area (Å²) in [6.07, 6.45) is 2.11. The first-order valence-corrected chi connectivity index (χ1v) is 5.43. The number of nitrogens with one attached hydrogen (secondary N) is 2. The molecule has 1 aliphatic rings. The number of anilines is 1. The van der Waals surface area contributed by atoms with Gasteiger partial charge in [-0.15, -0.1) is 0 Å². The van der Waals surface area contributed by atoms with Gasteiger partial charge in [-0.25, -0.2) is 4.79 Å². The molecule has 0 aromatic heterocycles. The summed E-state index contributed by atoms with van der Waals surface area (Å²) in [5, 5.41) is 6.46. The van der Waals surface area contributed by atoms with E-state index in [2.05, 4.69) is 10.6 Å². The molecular weight excluding hydrogens is 235 g/mol. The van der Waals surface area contributed by atoms with Crippen LogP contribution in [0.5, 0.6) is 0 Å². The van der Waals surface area contributed by atoms with Crippen molar-refractivity contribution in [1.29, 1.82) is 0 Å². The van der Waals surface area contributed by atoms with E-state index in [0.717, 1.165) is 12.8 Å². The summed E-state index contributed by atoms with van der Waals surface area (Å²) in [5.41, 5.74) is 0.569. The van der Waals surface area contributed by atoms with Crippen LogP contribution in [-0.4, -0.2) is 12.1 Å². The molecule has 1 saturated carbocycles. The third kappa shape index (κ3) is 3.01. The molecule has 0 aliphatic heterocycles. The first kappa shape index (κ1) is 10.6. The highest BCUT2D eigenvalue weighted by atomic mass is 35.5. The Kier molecular flexibility index (Phi) is 3.03. The Morgan fingerprint density at radius 3 is 2.67 bits per heavy atom. The summed E-state index contributed by atoms with van der Waals surface area (Å²) in [7, 11) is 0. The van der Waals surface area contributed by atoms with Gasteiger partial charge in [0.2, 0.25) is 0 Å². The first-order chi connectivity index (χ1) is 7.15. The molecule has 0 atom stereocenters. The SMILES string of the molecule is O=C(Nc1ccc(Cl)cc1Cl)NC1CC1. The van der Waals surface area contributed by atoms with Gasteiger partial charge in [0.25, 0.3) is 0 Å². The number of urea groups is 1. The van der Waals surface area contributed by atoms with Crippen LogP contribution in [0.1, 0.15) is 12.8 Å². The van der Waals surface area contributed by atoms with Crippen LogP contribution in [0, 0.1) is 0 Å². The van der Waals surface area contributed by atoms with Gasteiger partial charge < -0.3 is 10.6 Å². The van der Waals surface area contributed by atoms with Crippen molar-refractivity contribution in [1.82, 2.24) is 5.32 Å². The first-order valence-electron chi connectivity index (χ1n) is 4.68. The number of carbonyl (C=O) groups is 1. The van der Waals surface area contributed by atoms with E-state index in [1.807, 2.05) is 0 Å². The lowest BCUT2D eigenvalue weighted by atomic mass is 10.3. The number of benzene rings is 1. The van der Waals surface area contributed by atoms with Gasteiger partial charge in [0.15, 0.2) is 0 Å². The molecule has 0 heterocycles. The summed E-state index contributed by atoms with van der Waals surface area (Å²) >= 11 is 11.6. The van der Waals surface area contributed by atoms with E-state index >= 15 is 0 Å². The summed E-state index contributed by atoms with van der Waals surface area (Å²) in [4.78, 5) is 11.4. The molecule has 2 rings (SSSR count). The molecular formula is C10H10Cl2N2O. The van der Waals surface area contributed by atoms with Crippen LogP contribution in [0.2, 0.25) is 10.0 Å². The second-order valence-corrected chi connectivity index (χ2v) is 4.34. The quantitative estimate of drug-likeness (QED) is 0.824. The monoisotopic (exact) mass is 244 g/mol. The predicted octanol–water partition coefficient (Wildman–Crippen LogP) is 3.28. The number of rotatable bonds is 2. The molecule has 80 valence electrons. The van der Waals surface area contributed by atoms with Crippen molar-refractivity contribution in [2.45, 2.75) is 18.9 Å². The normalized spacial score (nSPS) is 14.8. The van der Waals surface area contributed by atoms with E-state index < -0.39 is 0 Å². The van der Waals surface area contributed by atoms with Gasteiger partial charge >= 0.3 is 6.03 Å². The van der Waals surface area contributed by atoms with Crippen molar-refractivity contribution in [2.24, 2.45) is 0 Å². The lowest BCUT2D eigenvalue weighted by molar-refractivity contribution is 0.251. The minimum absolute atomic E-state index is 0.221. The van der Waals surface area contributed by atoms with Crippen LogP contribution in [0.25, 0.3) is 0 Å². The standard InChI is InChI=1S/C10H10Cl2N2O/c11-6-1-4-9(8(12)5-6)14-10(15)13-7-2-3-7/h1,4-5,7H,2-3H2,(H2,13,14,15). The molecule has 1 aromatic rings. The van der Waals surface area contributed by atoms with Gasteiger partial charge in [-0.3, -0.25) is 0 Å². The van der Waals surface area contributed by atoms with Crippen molar-refractivity contribution < 1.29 is 4.79 Å². The molecule has 1 aromatic carbocycles. The van der Waals surface area contributed by atoms with Crippen molar-refractivity contribution in [3.8, 4) is 0 Å². The molecule has 2 amide bonds. The van der Waals surface area contributed by atoms with Gasteiger partial charge in [0.05, 0.1) is 10.7 Å². The number of amides is 2. The molecule has 0 radical (unpaired) electrons. The molecule has 0 bridgehead atoms. The lowest BCUT2D eigenvalue weighted by Crippen LogP contribution is -2.30. The topological polar surface area (TPSA) is 41.1 Å². The second-order valence-electron chi connectivity index (χ2n) is 3.50. The lowest BCUT2D eigenvalue weighted by Gasteiger charge is -2.08. The van der Waals surface area contributed by atoms with Crippen molar-refractivity contribution in [2.75, 3.05) is 5.32 Å². The Balaban J connectivity index is 1.99. The average Bonchev–Trinajstić information content (AvgIpc) is 2.94. The highest BCUT2D eigenvalue weighted by molar-refractivity contribution is 6.36. The van der Waals surface area contributed by atoms with Crippen LogP contribution >= 0.6 is 23.2 Å².